The van der Waals surface area contributed by atoms with Gasteiger partial charge < -0.3 is 9.32 Å². The number of nitrogens with zero attached hydrogens (tertiary/aromatic N) is 1. The number of carbonyl (C=O) groups excluding carboxylic acids is 1. The van der Waals surface area contributed by atoms with E-state index in [0.717, 1.165) is 16.9 Å². The second-order valence-corrected chi connectivity index (χ2v) is 5.37. The molecule has 1 aliphatic heterocycles. The zero-order chi connectivity index (χ0) is 14.0. The van der Waals surface area contributed by atoms with Crippen LogP contribution in [0.1, 0.15) is 19.6 Å². The predicted molar refractivity (Wildman–Crippen MR) is 75.3 cm³/mol. The van der Waals surface area contributed by atoms with Crippen LogP contribution in [0.5, 0.6) is 0 Å². The molecule has 3 nitrogen and oxygen atoms in total. The Morgan fingerprint density at radius 3 is 2.84 bits per heavy atom. The molecule has 2 rings (SSSR count). The monoisotopic (exact) mass is 257 g/mol. The Labute approximate surface area is 113 Å². The van der Waals surface area contributed by atoms with Crippen LogP contribution in [-0.4, -0.2) is 17.4 Å². The van der Waals surface area contributed by atoms with Gasteiger partial charge in [-0.15, -0.1) is 0 Å². The Hall–Kier alpha value is -2.03. The number of amides is 1. The fourth-order valence-electron chi connectivity index (χ4n) is 2.28. The minimum Gasteiger partial charge on any atom is -0.467 e. The topological polar surface area (TPSA) is 33.5 Å². The third kappa shape index (κ3) is 2.70. The lowest BCUT2D eigenvalue weighted by molar-refractivity contribution is -0.138. The minimum atomic E-state index is -0.560. The molecule has 0 bridgehead atoms. The molecule has 0 spiro atoms. The van der Waals surface area contributed by atoms with Crippen LogP contribution in [0, 0.1) is 5.41 Å². The average Bonchev–Trinajstić information content (AvgIpc) is 2.84. The van der Waals surface area contributed by atoms with Crippen molar-refractivity contribution >= 4 is 5.91 Å². The van der Waals surface area contributed by atoms with E-state index in [1.165, 1.54) is 0 Å². The van der Waals surface area contributed by atoms with E-state index in [-0.39, 0.29) is 5.91 Å². The summed E-state index contributed by atoms with van der Waals surface area (Å²) in [6, 6.07) is 3.70. The molecule has 0 saturated carbocycles. The first-order valence-electron chi connectivity index (χ1n) is 6.29. The van der Waals surface area contributed by atoms with Gasteiger partial charge in [-0.3, -0.25) is 4.79 Å². The van der Waals surface area contributed by atoms with Crippen molar-refractivity contribution < 1.29 is 9.21 Å². The maximum Gasteiger partial charge on any atom is 0.232 e. The molecule has 0 N–H and O–H groups in total. The Morgan fingerprint density at radius 2 is 2.26 bits per heavy atom. The Kier molecular flexibility index (Phi) is 3.47. The second-order valence-electron chi connectivity index (χ2n) is 5.37. The first kappa shape index (κ1) is 13.4. The van der Waals surface area contributed by atoms with Gasteiger partial charge in [-0.2, -0.15) is 0 Å². The maximum atomic E-state index is 12.6. The van der Waals surface area contributed by atoms with Crippen molar-refractivity contribution in [3.63, 3.8) is 0 Å². The molecule has 1 aromatic heterocycles. The predicted octanol–water partition coefficient (Wildman–Crippen LogP) is 3.32. The van der Waals surface area contributed by atoms with Crippen molar-refractivity contribution in [3.05, 3.63) is 60.6 Å². The summed E-state index contributed by atoms with van der Waals surface area (Å²) in [6.07, 6.45) is 5.31. The molecule has 0 fully saturated rings. The summed E-state index contributed by atoms with van der Waals surface area (Å²) in [4.78, 5) is 14.3. The molecule has 0 unspecified atom stereocenters. The van der Waals surface area contributed by atoms with E-state index in [9.17, 15) is 4.79 Å². The standard InChI is InChI=1S/C16H19NO2/c1-5-13-9-16(3,4)15(18)17(10-12(13)2)11-14-7-6-8-19-14/h5-9H,1-2,10-11H2,3-4H3. The first-order chi connectivity index (χ1) is 8.94. The van der Waals surface area contributed by atoms with E-state index in [0.29, 0.717) is 13.1 Å². The summed E-state index contributed by atoms with van der Waals surface area (Å²) in [6.45, 7) is 12.6. The number of furan rings is 1. The third-order valence-electron chi connectivity index (χ3n) is 3.29. The van der Waals surface area contributed by atoms with Gasteiger partial charge >= 0.3 is 0 Å². The molecule has 2 heterocycles. The van der Waals surface area contributed by atoms with Gasteiger partial charge in [-0.1, -0.05) is 25.3 Å². The van der Waals surface area contributed by atoms with Gasteiger partial charge in [0.05, 0.1) is 18.2 Å². The van der Waals surface area contributed by atoms with Gasteiger partial charge in [0.25, 0.3) is 0 Å². The summed E-state index contributed by atoms with van der Waals surface area (Å²) >= 11 is 0. The quantitative estimate of drug-likeness (QED) is 0.832. The zero-order valence-corrected chi connectivity index (χ0v) is 11.5. The van der Waals surface area contributed by atoms with Crippen LogP contribution in [0.2, 0.25) is 0 Å². The molecule has 0 aliphatic carbocycles. The molecule has 1 aliphatic rings. The Bertz CT molecular complexity index is 535. The molecular formula is C16H19NO2. The van der Waals surface area contributed by atoms with Crippen molar-refractivity contribution in [1.29, 1.82) is 0 Å². The van der Waals surface area contributed by atoms with Crippen molar-refractivity contribution in [2.75, 3.05) is 6.54 Å². The van der Waals surface area contributed by atoms with Crippen LogP contribution >= 0.6 is 0 Å². The van der Waals surface area contributed by atoms with Gasteiger partial charge in [0.15, 0.2) is 0 Å². The molecule has 1 aromatic rings. The fraction of sp³-hybridized carbons (Fsp3) is 0.312. The van der Waals surface area contributed by atoms with Gasteiger partial charge in [0.2, 0.25) is 5.91 Å². The van der Waals surface area contributed by atoms with E-state index in [1.54, 1.807) is 17.2 Å². The highest BCUT2D eigenvalue weighted by Crippen LogP contribution is 2.30. The number of hydrogen-bond acceptors (Lipinski definition) is 2. The minimum absolute atomic E-state index is 0.0712. The lowest BCUT2D eigenvalue weighted by Crippen LogP contribution is -2.39. The molecule has 0 saturated heterocycles. The normalized spacial score (nSPS) is 19.1. The third-order valence-corrected chi connectivity index (χ3v) is 3.29. The number of allylic oxidation sites excluding steroid dienone is 1. The molecule has 3 heteroatoms. The van der Waals surface area contributed by atoms with Gasteiger partial charge in [0.1, 0.15) is 5.76 Å². The van der Waals surface area contributed by atoms with Gasteiger partial charge in [-0.25, -0.2) is 0 Å². The average molecular weight is 257 g/mol. The largest absolute Gasteiger partial charge is 0.467 e. The summed E-state index contributed by atoms with van der Waals surface area (Å²) in [5.74, 6) is 0.848. The van der Waals surface area contributed by atoms with Crippen molar-refractivity contribution in [2.24, 2.45) is 5.41 Å². The van der Waals surface area contributed by atoms with Gasteiger partial charge in [-0.05, 0) is 37.1 Å². The van der Waals surface area contributed by atoms with E-state index in [1.807, 2.05) is 32.1 Å². The highest BCUT2D eigenvalue weighted by Gasteiger charge is 2.33. The highest BCUT2D eigenvalue weighted by molar-refractivity contribution is 5.85. The SMILES string of the molecule is C=CC1=CC(C)(C)C(=O)N(Cc2ccco2)CC1=C. The Morgan fingerprint density at radius 1 is 1.53 bits per heavy atom. The molecule has 0 aromatic carbocycles. The highest BCUT2D eigenvalue weighted by atomic mass is 16.3. The lowest BCUT2D eigenvalue weighted by Gasteiger charge is -2.27. The molecule has 100 valence electrons. The Balaban J connectivity index is 2.30. The van der Waals surface area contributed by atoms with E-state index >= 15 is 0 Å². The summed E-state index contributed by atoms with van der Waals surface area (Å²) in [5, 5.41) is 0. The first-order valence-corrected chi connectivity index (χ1v) is 6.29. The maximum absolute atomic E-state index is 12.6. The molecular weight excluding hydrogens is 238 g/mol. The summed E-state index contributed by atoms with van der Waals surface area (Å²) in [7, 11) is 0. The number of hydrogen-bond donors (Lipinski definition) is 0. The number of carbonyl (C=O) groups is 1. The van der Waals surface area contributed by atoms with Crippen LogP contribution in [0.3, 0.4) is 0 Å². The summed E-state index contributed by atoms with van der Waals surface area (Å²) in [5.41, 5.74) is 1.29. The summed E-state index contributed by atoms with van der Waals surface area (Å²) < 4.78 is 5.32. The molecule has 0 atom stereocenters. The fourth-order valence-corrected chi connectivity index (χ4v) is 2.28. The van der Waals surface area contributed by atoms with Crippen LogP contribution in [-0.2, 0) is 11.3 Å². The van der Waals surface area contributed by atoms with Gasteiger partial charge in [0, 0.05) is 6.54 Å². The molecule has 0 radical (unpaired) electrons. The van der Waals surface area contributed by atoms with E-state index < -0.39 is 5.41 Å². The van der Waals surface area contributed by atoms with Crippen LogP contribution in [0.4, 0.5) is 0 Å². The smallest absolute Gasteiger partial charge is 0.232 e. The van der Waals surface area contributed by atoms with Crippen LogP contribution < -0.4 is 0 Å². The van der Waals surface area contributed by atoms with Crippen molar-refractivity contribution in [2.45, 2.75) is 20.4 Å². The zero-order valence-electron chi connectivity index (χ0n) is 11.5. The second kappa shape index (κ2) is 4.92. The van der Waals surface area contributed by atoms with Crippen LogP contribution in [0.15, 0.2) is 59.3 Å². The molecule has 19 heavy (non-hydrogen) atoms. The van der Waals surface area contributed by atoms with E-state index in [4.69, 9.17) is 4.42 Å². The number of rotatable bonds is 3. The lowest BCUT2D eigenvalue weighted by atomic mass is 9.89. The molecule has 1 amide bonds. The van der Waals surface area contributed by atoms with Crippen molar-refractivity contribution in [3.8, 4) is 0 Å². The van der Waals surface area contributed by atoms with E-state index in [2.05, 4.69) is 13.2 Å². The van der Waals surface area contributed by atoms with Crippen LogP contribution in [0.25, 0.3) is 0 Å². The van der Waals surface area contributed by atoms with Crippen molar-refractivity contribution in [1.82, 2.24) is 4.90 Å².